The van der Waals surface area contributed by atoms with E-state index < -0.39 is 11.9 Å². The predicted molar refractivity (Wildman–Crippen MR) is 90.9 cm³/mol. The van der Waals surface area contributed by atoms with Crippen LogP contribution in [0.2, 0.25) is 0 Å². The second-order valence-corrected chi connectivity index (χ2v) is 5.36. The number of carbonyl (C=O) groups is 2. The third-order valence-corrected chi connectivity index (χ3v) is 3.28. The molecule has 0 aliphatic rings. The highest BCUT2D eigenvalue weighted by Gasteiger charge is 2.07. The molecule has 2 aromatic rings. The second kappa shape index (κ2) is 8.06. The van der Waals surface area contributed by atoms with E-state index >= 15 is 0 Å². The highest BCUT2D eigenvalue weighted by molar-refractivity contribution is 5.95. The molecule has 0 aliphatic carbocycles. The number of ether oxygens (including phenoxy) is 1. The average Bonchev–Trinajstić information content (AvgIpc) is 2.55. The number of hydrogen-bond donors (Lipinski definition) is 1. The third kappa shape index (κ3) is 5.35. The van der Waals surface area contributed by atoms with Crippen LogP contribution in [-0.2, 0) is 14.3 Å². The van der Waals surface area contributed by atoms with E-state index in [0.717, 1.165) is 11.1 Å². The predicted octanol–water partition coefficient (Wildman–Crippen LogP) is 3.64. The van der Waals surface area contributed by atoms with Gasteiger partial charge in [0.05, 0.1) is 0 Å². The van der Waals surface area contributed by atoms with E-state index in [9.17, 15) is 14.0 Å². The van der Waals surface area contributed by atoms with Crippen molar-refractivity contribution in [2.75, 3.05) is 11.9 Å². The molecule has 5 heteroatoms. The summed E-state index contributed by atoms with van der Waals surface area (Å²) in [7, 11) is 0. The Bertz CT molecular complexity index is 767. The molecule has 0 saturated carbocycles. The van der Waals surface area contributed by atoms with Crippen LogP contribution in [0.4, 0.5) is 10.1 Å². The van der Waals surface area contributed by atoms with E-state index in [1.54, 1.807) is 6.07 Å². The van der Waals surface area contributed by atoms with Crippen LogP contribution in [0.3, 0.4) is 0 Å². The van der Waals surface area contributed by atoms with Gasteiger partial charge in [-0.1, -0.05) is 29.8 Å². The maximum absolute atomic E-state index is 12.8. The zero-order chi connectivity index (χ0) is 17.5. The Kier molecular flexibility index (Phi) is 5.84. The third-order valence-electron chi connectivity index (χ3n) is 3.28. The molecule has 0 fully saturated rings. The summed E-state index contributed by atoms with van der Waals surface area (Å²) in [6, 6.07) is 11.3. The number of esters is 1. The number of anilines is 1. The summed E-state index contributed by atoms with van der Waals surface area (Å²) < 4.78 is 17.6. The Labute approximate surface area is 140 Å². The van der Waals surface area contributed by atoms with E-state index in [4.69, 9.17) is 4.74 Å². The number of benzene rings is 2. The van der Waals surface area contributed by atoms with Gasteiger partial charge in [-0.15, -0.1) is 0 Å². The van der Waals surface area contributed by atoms with E-state index in [2.05, 4.69) is 5.32 Å². The minimum Gasteiger partial charge on any atom is -0.452 e. The maximum Gasteiger partial charge on any atom is 0.331 e. The lowest BCUT2D eigenvalue weighted by atomic mass is 10.1. The Morgan fingerprint density at radius 2 is 1.83 bits per heavy atom. The fourth-order valence-electron chi connectivity index (χ4n) is 2.06. The normalized spacial score (nSPS) is 10.6. The topological polar surface area (TPSA) is 55.4 Å². The van der Waals surface area contributed by atoms with E-state index in [1.807, 2.05) is 26.0 Å². The van der Waals surface area contributed by atoms with Gasteiger partial charge in [0.15, 0.2) is 6.61 Å². The van der Waals surface area contributed by atoms with Gasteiger partial charge in [-0.2, -0.15) is 0 Å². The lowest BCUT2D eigenvalue weighted by Crippen LogP contribution is -2.20. The van der Waals surface area contributed by atoms with Gasteiger partial charge >= 0.3 is 5.97 Å². The fraction of sp³-hybridized carbons (Fsp3) is 0.158. The van der Waals surface area contributed by atoms with Crippen LogP contribution in [0.15, 0.2) is 48.5 Å². The Morgan fingerprint density at radius 1 is 1.12 bits per heavy atom. The molecule has 0 aliphatic heterocycles. The second-order valence-electron chi connectivity index (χ2n) is 5.36. The first-order valence-corrected chi connectivity index (χ1v) is 7.41. The largest absolute Gasteiger partial charge is 0.452 e. The molecule has 1 N–H and O–H groups in total. The molecule has 0 atom stereocenters. The lowest BCUT2D eigenvalue weighted by Gasteiger charge is -2.09. The molecular formula is C19H18FNO3. The number of amides is 1. The standard InChI is InChI=1S/C19H18FNO3/c1-13-3-9-17(14(2)11-13)21-18(22)12-24-19(23)10-6-15-4-7-16(20)8-5-15/h3-11H,12H2,1-2H3,(H,21,22). The number of nitrogens with one attached hydrogen (secondary N) is 1. The van der Waals surface area contributed by atoms with Gasteiger partial charge in [-0.05, 0) is 49.2 Å². The monoisotopic (exact) mass is 327 g/mol. The van der Waals surface area contributed by atoms with E-state index in [1.165, 1.54) is 36.4 Å². The van der Waals surface area contributed by atoms with E-state index in [-0.39, 0.29) is 12.4 Å². The molecule has 0 unspecified atom stereocenters. The molecule has 1 amide bonds. The molecule has 4 nitrogen and oxygen atoms in total. The van der Waals surface area contributed by atoms with Crippen LogP contribution < -0.4 is 5.32 Å². The van der Waals surface area contributed by atoms with E-state index in [0.29, 0.717) is 11.3 Å². The maximum atomic E-state index is 12.8. The number of halogens is 1. The lowest BCUT2D eigenvalue weighted by molar-refractivity contribution is -0.142. The van der Waals surface area contributed by atoms with Crippen LogP contribution >= 0.6 is 0 Å². The van der Waals surface area contributed by atoms with Gasteiger partial charge in [0.25, 0.3) is 5.91 Å². The summed E-state index contributed by atoms with van der Waals surface area (Å²) in [5.74, 6) is -1.40. The summed E-state index contributed by atoms with van der Waals surface area (Å²) in [5, 5.41) is 2.69. The Balaban J connectivity index is 1.82. The van der Waals surface area contributed by atoms with Crippen LogP contribution in [0, 0.1) is 19.7 Å². The highest BCUT2D eigenvalue weighted by atomic mass is 19.1. The Hall–Kier alpha value is -2.95. The van der Waals surface area contributed by atoms with Crippen molar-refractivity contribution in [3.05, 3.63) is 71.0 Å². The van der Waals surface area contributed by atoms with Gasteiger partial charge in [0.1, 0.15) is 5.82 Å². The van der Waals surface area contributed by atoms with Gasteiger partial charge < -0.3 is 10.1 Å². The molecule has 2 aromatic carbocycles. The van der Waals surface area contributed by atoms with Crippen molar-refractivity contribution < 1.29 is 18.7 Å². The first-order chi connectivity index (χ1) is 11.4. The van der Waals surface area contributed by atoms with Crippen molar-refractivity contribution in [1.29, 1.82) is 0 Å². The van der Waals surface area contributed by atoms with Gasteiger partial charge in [-0.3, -0.25) is 4.79 Å². The van der Waals surface area contributed by atoms with Crippen LogP contribution in [0.5, 0.6) is 0 Å². The molecular weight excluding hydrogens is 309 g/mol. The molecule has 24 heavy (non-hydrogen) atoms. The summed E-state index contributed by atoms with van der Waals surface area (Å²) >= 11 is 0. The fourth-order valence-corrected chi connectivity index (χ4v) is 2.06. The summed E-state index contributed by atoms with van der Waals surface area (Å²) in [5.41, 5.74) is 3.38. The van der Waals surface area contributed by atoms with Crippen LogP contribution in [-0.4, -0.2) is 18.5 Å². The average molecular weight is 327 g/mol. The first-order valence-electron chi connectivity index (χ1n) is 7.41. The molecule has 0 radical (unpaired) electrons. The van der Waals surface area contributed by atoms with Crippen molar-refractivity contribution in [3.63, 3.8) is 0 Å². The quantitative estimate of drug-likeness (QED) is 0.674. The van der Waals surface area contributed by atoms with Crippen molar-refractivity contribution in [1.82, 2.24) is 0 Å². The molecule has 0 aromatic heterocycles. The number of carbonyl (C=O) groups excluding carboxylic acids is 2. The summed E-state index contributed by atoms with van der Waals surface area (Å²) in [6.45, 7) is 3.48. The van der Waals surface area contributed by atoms with Crippen LogP contribution in [0.1, 0.15) is 16.7 Å². The number of aryl methyl sites for hydroxylation is 2. The highest BCUT2D eigenvalue weighted by Crippen LogP contribution is 2.15. The SMILES string of the molecule is Cc1ccc(NC(=O)COC(=O)C=Cc2ccc(F)cc2)c(C)c1. The minimum atomic E-state index is -0.643. The van der Waals surface area contributed by atoms with Crippen molar-refractivity contribution >= 4 is 23.6 Å². The molecule has 2 rings (SSSR count). The number of rotatable bonds is 5. The molecule has 0 heterocycles. The molecule has 0 saturated heterocycles. The molecule has 0 spiro atoms. The number of hydrogen-bond acceptors (Lipinski definition) is 3. The molecule has 0 bridgehead atoms. The van der Waals surface area contributed by atoms with Gasteiger partial charge in [-0.25, -0.2) is 9.18 Å². The van der Waals surface area contributed by atoms with Crippen molar-refractivity contribution in [2.45, 2.75) is 13.8 Å². The zero-order valence-corrected chi connectivity index (χ0v) is 13.5. The van der Waals surface area contributed by atoms with Crippen molar-refractivity contribution in [2.24, 2.45) is 0 Å². The molecule has 124 valence electrons. The smallest absolute Gasteiger partial charge is 0.331 e. The summed E-state index contributed by atoms with van der Waals surface area (Å²) in [6.07, 6.45) is 2.68. The van der Waals surface area contributed by atoms with Gasteiger partial charge in [0.2, 0.25) is 0 Å². The van der Waals surface area contributed by atoms with Crippen molar-refractivity contribution in [3.8, 4) is 0 Å². The Morgan fingerprint density at radius 3 is 2.50 bits per heavy atom. The zero-order valence-electron chi connectivity index (χ0n) is 13.5. The first kappa shape index (κ1) is 17.4. The minimum absolute atomic E-state index is 0.349. The van der Waals surface area contributed by atoms with Crippen LogP contribution in [0.25, 0.3) is 6.08 Å². The van der Waals surface area contributed by atoms with Gasteiger partial charge in [0, 0.05) is 11.8 Å². The summed E-state index contributed by atoms with van der Waals surface area (Å²) in [4.78, 5) is 23.4.